The van der Waals surface area contributed by atoms with Gasteiger partial charge in [0.25, 0.3) is 0 Å². The highest BCUT2D eigenvalue weighted by Crippen LogP contribution is 2.20. The van der Waals surface area contributed by atoms with Crippen molar-refractivity contribution in [2.24, 2.45) is 17.7 Å². The molecule has 8 nitrogen and oxygen atoms in total. The molecule has 2 heterocycles. The molecule has 8 heteroatoms. The fourth-order valence-corrected chi connectivity index (χ4v) is 2.76. The summed E-state index contributed by atoms with van der Waals surface area (Å²) < 4.78 is 0. The highest BCUT2D eigenvalue weighted by molar-refractivity contribution is 6.05. The predicted octanol–water partition coefficient (Wildman–Crippen LogP) is -1.39. The Morgan fingerprint density at radius 1 is 1.29 bits per heavy atom. The number of carbonyl (C=O) groups excluding carboxylic acids is 4. The van der Waals surface area contributed by atoms with E-state index in [9.17, 15) is 19.2 Å². The van der Waals surface area contributed by atoms with Crippen LogP contribution < -0.4 is 11.3 Å². The molecule has 2 aliphatic heterocycles. The zero-order valence-corrected chi connectivity index (χ0v) is 12.0. The van der Waals surface area contributed by atoms with Crippen LogP contribution in [0.4, 0.5) is 0 Å². The Morgan fingerprint density at radius 3 is 2.38 bits per heavy atom. The first-order chi connectivity index (χ1) is 9.93. The number of piperidine rings is 1. The van der Waals surface area contributed by atoms with Crippen molar-refractivity contribution in [2.45, 2.75) is 26.2 Å². The van der Waals surface area contributed by atoms with E-state index in [2.05, 4.69) is 5.43 Å². The van der Waals surface area contributed by atoms with Gasteiger partial charge >= 0.3 is 0 Å². The zero-order valence-electron chi connectivity index (χ0n) is 12.0. The third kappa shape index (κ3) is 3.21. The first-order valence-electron chi connectivity index (χ1n) is 7.06. The van der Waals surface area contributed by atoms with Crippen molar-refractivity contribution in [3.63, 3.8) is 0 Å². The van der Waals surface area contributed by atoms with Crippen molar-refractivity contribution < 1.29 is 19.2 Å². The van der Waals surface area contributed by atoms with Crippen LogP contribution in [0.2, 0.25) is 0 Å². The predicted molar refractivity (Wildman–Crippen MR) is 72.1 cm³/mol. The molecule has 1 unspecified atom stereocenters. The van der Waals surface area contributed by atoms with Crippen molar-refractivity contribution in [1.82, 2.24) is 15.2 Å². The molecule has 2 rings (SSSR count). The number of nitrogens with one attached hydrogen (secondary N) is 1. The van der Waals surface area contributed by atoms with Gasteiger partial charge in [-0.05, 0) is 12.8 Å². The van der Waals surface area contributed by atoms with Gasteiger partial charge in [0.2, 0.25) is 23.6 Å². The maximum atomic E-state index is 12.2. The molecular formula is C13H20N4O4. The minimum absolute atomic E-state index is 0.171. The van der Waals surface area contributed by atoms with Gasteiger partial charge in [-0.2, -0.15) is 0 Å². The second-order valence-electron chi connectivity index (χ2n) is 5.59. The van der Waals surface area contributed by atoms with Crippen LogP contribution in [-0.2, 0) is 19.2 Å². The van der Waals surface area contributed by atoms with Crippen LogP contribution >= 0.6 is 0 Å². The van der Waals surface area contributed by atoms with E-state index in [0.29, 0.717) is 25.9 Å². The Hall–Kier alpha value is -1.96. The summed E-state index contributed by atoms with van der Waals surface area (Å²) in [7, 11) is 0. The Kier molecular flexibility index (Phi) is 4.56. The van der Waals surface area contributed by atoms with Crippen LogP contribution in [0.25, 0.3) is 0 Å². The maximum Gasteiger partial charge on any atom is 0.242 e. The quantitative estimate of drug-likeness (QED) is 0.288. The molecular weight excluding hydrogens is 276 g/mol. The standard InChI is InChI=1S/C13H20N4O4/c1-8-6-10(18)17(13(8)21)7-11(19)16-4-2-9(3-5-16)12(20)15-14/h8-9H,2-7,14H2,1H3,(H,15,20). The summed E-state index contributed by atoms with van der Waals surface area (Å²) >= 11 is 0. The van der Waals surface area contributed by atoms with E-state index in [4.69, 9.17) is 5.84 Å². The maximum absolute atomic E-state index is 12.2. The van der Waals surface area contributed by atoms with Gasteiger partial charge < -0.3 is 4.90 Å². The molecule has 0 aromatic heterocycles. The van der Waals surface area contributed by atoms with Crippen molar-refractivity contribution in [1.29, 1.82) is 0 Å². The normalized spacial score (nSPS) is 23.6. The van der Waals surface area contributed by atoms with Crippen molar-refractivity contribution >= 4 is 23.6 Å². The highest BCUT2D eigenvalue weighted by atomic mass is 16.2. The van der Waals surface area contributed by atoms with Gasteiger partial charge in [0.1, 0.15) is 6.54 Å². The van der Waals surface area contributed by atoms with E-state index in [1.54, 1.807) is 11.8 Å². The molecule has 0 bridgehead atoms. The molecule has 0 radical (unpaired) electrons. The molecule has 0 aliphatic carbocycles. The van der Waals surface area contributed by atoms with Crippen LogP contribution in [0.1, 0.15) is 26.2 Å². The van der Waals surface area contributed by atoms with E-state index in [0.717, 1.165) is 4.90 Å². The lowest BCUT2D eigenvalue weighted by molar-refractivity contribution is -0.146. The molecule has 3 N–H and O–H groups in total. The van der Waals surface area contributed by atoms with Crippen LogP contribution in [0, 0.1) is 11.8 Å². The van der Waals surface area contributed by atoms with Gasteiger partial charge in [0.15, 0.2) is 0 Å². The summed E-state index contributed by atoms with van der Waals surface area (Å²) in [6.45, 7) is 2.35. The smallest absolute Gasteiger partial charge is 0.242 e. The Balaban J connectivity index is 1.87. The lowest BCUT2D eigenvalue weighted by Gasteiger charge is -2.31. The number of imide groups is 1. The molecule has 116 valence electrons. The first-order valence-corrected chi connectivity index (χ1v) is 7.06. The van der Waals surface area contributed by atoms with Gasteiger partial charge in [-0.15, -0.1) is 0 Å². The topological polar surface area (TPSA) is 113 Å². The first kappa shape index (κ1) is 15.4. The molecule has 0 saturated carbocycles. The summed E-state index contributed by atoms with van der Waals surface area (Å²) in [5, 5.41) is 0. The van der Waals surface area contributed by atoms with Gasteiger partial charge in [-0.1, -0.05) is 6.92 Å². The van der Waals surface area contributed by atoms with Gasteiger partial charge in [0, 0.05) is 31.3 Å². The monoisotopic (exact) mass is 296 g/mol. The molecule has 0 aromatic carbocycles. The minimum atomic E-state index is -0.343. The van der Waals surface area contributed by atoms with Crippen molar-refractivity contribution in [3.05, 3.63) is 0 Å². The Labute approximate surface area is 122 Å². The van der Waals surface area contributed by atoms with E-state index in [-0.39, 0.29) is 48.4 Å². The number of amides is 4. The second kappa shape index (κ2) is 6.21. The number of hydrogen-bond donors (Lipinski definition) is 2. The second-order valence-corrected chi connectivity index (χ2v) is 5.59. The van der Waals surface area contributed by atoms with E-state index in [1.807, 2.05) is 0 Å². The van der Waals surface area contributed by atoms with Gasteiger partial charge in [-0.25, -0.2) is 5.84 Å². The lowest BCUT2D eigenvalue weighted by Crippen LogP contribution is -2.48. The Morgan fingerprint density at radius 2 is 1.90 bits per heavy atom. The summed E-state index contributed by atoms with van der Waals surface area (Å²) in [6, 6.07) is 0. The fraction of sp³-hybridized carbons (Fsp3) is 0.692. The molecule has 0 spiro atoms. The van der Waals surface area contributed by atoms with E-state index in [1.165, 1.54) is 0 Å². The molecule has 4 amide bonds. The summed E-state index contributed by atoms with van der Waals surface area (Å²) in [6.07, 6.45) is 1.24. The number of nitrogens with two attached hydrogens (primary N) is 1. The molecule has 21 heavy (non-hydrogen) atoms. The third-order valence-electron chi connectivity index (χ3n) is 4.12. The Bertz CT molecular complexity index is 471. The summed E-state index contributed by atoms with van der Waals surface area (Å²) in [5.74, 6) is 3.51. The molecule has 2 fully saturated rings. The summed E-state index contributed by atoms with van der Waals surface area (Å²) in [4.78, 5) is 49.6. The number of hydrogen-bond acceptors (Lipinski definition) is 5. The molecule has 2 aliphatic rings. The average Bonchev–Trinajstić information content (AvgIpc) is 2.73. The number of rotatable bonds is 3. The number of likely N-dealkylation sites (tertiary alicyclic amines) is 2. The van der Waals surface area contributed by atoms with E-state index >= 15 is 0 Å². The molecule has 1 atom stereocenters. The van der Waals surface area contributed by atoms with Crippen LogP contribution in [0.5, 0.6) is 0 Å². The molecule has 2 saturated heterocycles. The van der Waals surface area contributed by atoms with E-state index < -0.39 is 0 Å². The minimum Gasteiger partial charge on any atom is -0.341 e. The molecule has 0 aromatic rings. The highest BCUT2D eigenvalue weighted by Gasteiger charge is 2.37. The number of carbonyl (C=O) groups is 4. The van der Waals surface area contributed by atoms with Crippen LogP contribution in [-0.4, -0.2) is 53.1 Å². The van der Waals surface area contributed by atoms with Crippen molar-refractivity contribution in [3.8, 4) is 0 Å². The average molecular weight is 296 g/mol. The zero-order chi connectivity index (χ0) is 15.6. The van der Waals surface area contributed by atoms with Gasteiger partial charge in [0.05, 0.1) is 0 Å². The lowest BCUT2D eigenvalue weighted by atomic mass is 9.96. The van der Waals surface area contributed by atoms with Crippen LogP contribution in [0.15, 0.2) is 0 Å². The fourth-order valence-electron chi connectivity index (χ4n) is 2.76. The van der Waals surface area contributed by atoms with Crippen LogP contribution in [0.3, 0.4) is 0 Å². The van der Waals surface area contributed by atoms with Gasteiger partial charge in [-0.3, -0.25) is 29.5 Å². The summed E-state index contributed by atoms with van der Waals surface area (Å²) in [5.41, 5.74) is 2.11. The largest absolute Gasteiger partial charge is 0.341 e. The number of hydrazine groups is 1. The SMILES string of the molecule is CC1CC(=O)N(CC(=O)N2CCC(C(=O)NN)CC2)C1=O. The third-order valence-corrected chi connectivity index (χ3v) is 4.12. The number of nitrogens with zero attached hydrogens (tertiary/aromatic N) is 2. The van der Waals surface area contributed by atoms with Crippen molar-refractivity contribution in [2.75, 3.05) is 19.6 Å².